The predicted molar refractivity (Wildman–Crippen MR) is 141 cm³/mol. The molecule has 3 heterocycles. The van der Waals surface area contributed by atoms with Crippen molar-refractivity contribution in [3.05, 3.63) is 92.8 Å². The SMILES string of the molecule is COc1ccc(-c2cc(C(F)(F)F)n3ncc(C(=O)Nc4nn(Cc5ccc(Cl)c(Cl)c5)cc4Cl)c3n2)cc1. The quantitative estimate of drug-likeness (QED) is 0.231. The van der Waals surface area contributed by atoms with Gasteiger partial charge in [-0.3, -0.25) is 9.48 Å². The van der Waals surface area contributed by atoms with E-state index < -0.39 is 17.8 Å². The number of hydrogen-bond donors (Lipinski definition) is 1. The van der Waals surface area contributed by atoms with E-state index in [9.17, 15) is 18.0 Å². The van der Waals surface area contributed by atoms with Crippen LogP contribution in [0.25, 0.3) is 16.9 Å². The molecule has 0 bridgehead atoms. The zero-order valence-corrected chi connectivity index (χ0v) is 22.1. The third-order valence-corrected chi connectivity index (χ3v) is 6.69. The number of carbonyl (C=O) groups excluding carboxylic acids is 1. The van der Waals surface area contributed by atoms with E-state index in [1.165, 1.54) is 18.0 Å². The van der Waals surface area contributed by atoms with Crippen molar-refractivity contribution in [2.45, 2.75) is 12.7 Å². The van der Waals surface area contributed by atoms with Crippen molar-refractivity contribution < 1.29 is 22.7 Å². The maximum atomic E-state index is 13.9. The van der Waals surface area contributed by atoms with Gasteiger partial charge in [0.25, 0.3) is 5.91 Å². The Bertz CT molecular complexity index is 1700. The number of benzene rings is 2. The molecule has 0 saturated carbocycles. The van der Waals surface area contributed by atoms with E-state index in [1.807, 2.05) is 0 Å². The molecule has 0 saturated heterocycles. The Kier molecular flexibility index (Phi) is 7.15. The minimum Gasteiger partial charge on any atom is -0.497 e. The Morgan fingerprint density at radius 2 is 1.77 bits per heavy atom. The number of amides is 1. The van der Waals surface area contributed by atoms with Gasteiger partial charge in [-0.05, 0) is 48.0 Å². The number of aromatic nitrogens is 5. The number of anilines is 1. The van der Waals surface area contributed by atoms with Crippen LogP contribution in [-0.4, -0.2) is 37.4 Å². The molecule has 0 unspecified atom stereocenters. The molecule has 14 heteroatoms. The number of fused-ring (bicyclic) bond motifs is 1. The number of rotatable bonds is 6. The number of alkyl halides is 3. The minimum atomic E-state index is -4.77. The molecular formula is C25H16Cl3F3N6O2. The van der Waals surface area contributed by atoms with Crippen molar-refractivity contribution in [2.24, 2.45) is 0 Å². The van der Waals surface area contributed by atoms with Gasteiger partial charge in [0.05, 0.1) is 35.6 Å². The first-order chi connectivity index (χ1) is 18.5. The van der Waals surface area contributed by atoms with Crippen molar-refractivity contribution in [1.82, 2.24) is 24.4 Å². The number of ether oxygens (including phenoxy) is 1. The first-order valence-corrected chi connectivity index (χ1v) is 12.3. The highest BCUT2D eigenvalue weighted by molar-refractivity contribution is 6.42. The van der Waals surface area contributed by atoms with E-state index in [2.05, 4.69) is 20.5 Å². The summed E-state index contributed by atoms with van der Waals surface area (Å²) in [5.74, 6) is -0.265. The highest BCUT2D eigenvalue weighted by Gasteiger charge is 2.36. The fourth-order valence-electron chi connectivity index (χ4n) is 3.80. The van der Waals surface area contributed by atoms with Crippen LogP contribution in [-0.2, 0) is 12.7 Å². The maximum Gasteiger partial charge on any atom is 0.433 e. The largest absolute Gasteiger partial charge is 0.497 e. The van der Waals surface area contributed by atoms with Gasteiger partial charge in [0.15, 0.2) is 17.2 Å². The summed E-state index contributed by atoms with van der Waals surface area (Å²) in [4.78, 5) is 17.5. The molecule has 39 heavy (non-hydrogen) atoms. The van der Waals surface area contributed by atoms with Gasteiger partial charge >= 0.3 is 6.18 Å². The topological polar surface area (TPSA) is 86.3 Å². The molecule has 200 valence electrons. The molecule has 0 aliphatic rings. The van der Waals surface area contributed by atoms with Crippen LogP contribution in [0.3, 0.4) is 0 Å². The molecular weight excluding hydrogens is 580 g/mol. The summed E-state index contributed by atoms with van der Waals surface area (Å²) >= 11 is 18.3. The predicted octanol–water partition coefficient (Wildman–Crippen LogP) is 6.88. The van der Waals surface area contributed by atoms with Crippen molar-refractivity contribution in [3.63, 3.8) is 0 Å². The lowest BCUT2D eigenvalue weighted by molar-refractivity contribution is -0.142. The zero-order chi connectivity index (χ0) is 27.9. The van der Waals surface area contributed by atoms with Gasteiger partial charge in [-0.1, -0.05) is 40.9 Å². The lowest BCUT2D eigenvalue weighted by Gasteiger charge is -2.12. The van der Waals surface area contributed by atoms with Crippen molar-refractivity contribution in [2.75, 3.05) is 12.4 Å². The van der Waals surface area contributed by atoms with Gasteiger partial charge in [-0.2, -0.15) is 23.4 Å². The molecule has 5 aromatic rings. The van der Waals surface area contributed by atoms with E-state index in [0.29, 0.717) is 25.9 Å². The second kappa shape index (κ2) is 10.4. The Morgan fingerprint density at radius 3 is 2.44 bits per heavy atom. The molecule has 3 aromatic heterocycles. The van der Waals surface area contributed by atoms with E-state index in [4.69, 9.17) is 39.5 Å². The van der Waals surface area contributed by atoms with Gasteiger partial charge in [-0.25, -0.2) is 9.50 Å². The molecule has 1 N–H and O–H groups in total. The second-order valence-electron chi connectivity index (χ2n) is 8.27. The van der Waals surface area contributed by atoms with Gasteiger partial charge in [0.2, 0.25) is 0 Å². The average Bonchev–Trinajstić information content (AvgIpc) is 3.48. The molecule has 0 aliphatic heterocycles. The van der Waals surface area contributed by atoms with Crippen molar-refractivity contribution >= 4 is 52.2 Å². The van der Waals surface area contributed by atoms with Crippen LogP contribution in [0.2, 0.25) is 15.1 Å². The van der Waals surface area contributed by atoms with E-state index in [-0.39, 0.29) is 34.3 Å². The average molecular weight is 596 g/mol. The molecule has 0 aliphatic carbocycles. The molecule has 5 rings (SSSR count). The first kappa shape index (κ1) is 26.8. The number of methoxy groups -OCH3 is 1. The summed E-state index contributed by atoms with van der Waals surface area (Å²) in [7, 11) is 1.47. The Labute approximate surface area is 233 Å². The number of hydrogen-bond acceptors (Lipinski definition) is 5. The van der Waals surface area contributed by atoms with Crippen LogP contribution >= 0.6 is 34.8 Å². The lowest BCUT2D eigenvalue weighted by Crippen LogP contribution is -2.16. The first-order valence-electron chi connectivity index (χ1n) is 11.1. The standard InChI is InChI=1S/C25H16Cl3F3N6O2/c1-39-15-5-3-14(4-6-15)20-9-21(25(29,30)31)37-23(33-20)16(10-32-37)24(38)34-22-19(28)12-36(35-22)11-13-2-7-17(26)18(27)8-13/h2-10,12H,11H2,1H3,(H,34,35,38). The van der Waals surface area contributed by atoms with Gasteiger partial charge in [0, 0.05) is 11.8 Å². The molecule has 1 amide bonds. The summed E-state index contributed by atoms with van der Waals surface area (Å²) in [5, 5.41) is 11.4. The number of carbonyl (C=O) groups is 1. The molecule has 8 nitrogen and oxygen atoms in total. The second-order valence-corrected chi connectivity index (χ2v) is 9.49. The Hall–Kier alpha value is -3.80. The summed E-state index contributed by atoms with van der Waals surface area (Å²) in [6.45, 7) is 0.269. The Balaban J connectivity index is 1.47. The van der Waals surface area contributed by atoms with Gasteiger partial charge in [0.1, 0.15) is 16.3 Å². The highest BCUT2D eigenvalue weighted by atomic mass is 35.5. The Morgan fingerprint density at radius 1 is 1.03 bits per heavy atom. The van der Waals surface area contributed by atoms with Crippen LogP contribution in [0.5, 0.6) is 5.75 Å². The van der Waals surface area contributed by atoms with Crippen LogP contribution in [0.4, 0.5) is 19.0 Å². The summed E-state index contributed by atoms with van der Waals surface area (Å²) in [6.07, 6.45) is -2.28. The van der Waals surface area contributed by atoms with Crippen LogP contribution in [0.15, 0.2) is 60.9 Å². The lowest BCUT2D eigenvalue weighted by atomic mass is 10.1. The van der Waals surface area contributed by atoms with E-state index in [1.54, 1.807) is 42.5 Å². The van der Waals surface area contributed by atoms with Gasteiger partial charge < -0.3 is 10.1 Å². The highest BCUT2D eigenvalue weighted by Crippen LogP contribution is 2.33. The molecule has 0 spiro atoms. The number of halogens is 6. The summed E-state index contributed by atoms with van der Waals surface area (Å²) in [6, 6.07) is 12.2. The van der Waals surface area contributed by atoms with E-state index in [0.717, 1.165) is 17.8 Å². The van der Waals surface area contributed by atoms with Gasteiger partial charge in [-0.15, -0.1) is 0 Å². The maximum absolute atomic E-state index is 13.9. The van der Waals surface area contributed by atoms with Crippen LogP contribution < -0.4 is 10.1 Å². The van der Waals surface area contributed by atoms with Crippen molar-refractivity contribution in [3.8, 4) is 17.0 Å². The number of nitrogens with one attached hydrogen (secondary N) is 1. The molecule has 2 aromatic carbocycles. The smallest absolute Gasteiger partial charge is 0.433 e. The third-order valence-electron chi connectivity index (χ3n) is 5.67. The number of nitrogens with zero attached hydrogens (tertiary/aromatic N) is 5. The normalized spacial score (nSPS) is 11.7. The van der Waals surface area contributed by atoms with E-state index >= 15 is 0 Å². The summed E-state index contributed by atoms with van der Waals surface area (Å²) in [5.41, 5.74) is -0.429. The molecule has 0 atom stereocenters. The van der Waals surface area contributed by atoms with Crippen LogP contribution in [0.1, 0.15) is 21.6 Å². The van der Waals surface area contributed by atoms with Crippen LogP contribution in [0, 0.1) is 0 Å². The zero-order valence-electron chi connectivity index (χ0n) is 19.8. The molecule has 0 radical (unpaired) electrons. The minimum absolute atomic E-state index is 0.00318. The van der Waals surface area contributed by atoms with Crippen molar-refractivity contribution in [1.29, 1.82) is 0 Å². The fourth-order valence-corrected chi connectivity index (χ4v) is 4.32. The summed E-state index contributed by atoms with van der Waals surface area (Å²) < 4.78 is 48.9. The fraction of sp³-hybridized carbons (Fsp3) is 0.120. The monoisotopic (exact) mass is 594 g/mol. The molecule has 0 fully saturated rings. The third kappa shape index (κ3) is 5.51.